The number of aryl methyl sites for hydroxylation is 1. The average molecular weight is 520 g/mol. The lowest BCUT2D eigenvalue weighted by Gasteiger charge is -2.15. The van der Waals surface area contributed by atoms with Gasteiger partial charge in [-0.1, -0.05) is 69.0 Å². The molecule has 0 bridgehead atoms. The second-order valence-corrected chi connectivity index (χ2v) is 9.07. The van der Waals surface area contributed by atoms with E-state index in [1.165, 1.54) is 23.9 Å². The molecule has 194 valence electrons. The summed E-state index contributed by atoms with van der Waals surface area (Å²) in [5.74, 6) is 1.19. The van der Waals surface area contributed by atoms with E-state index in [-0.39, 0.29) is 25.5 Å². The van der Waals surface area contributed by atoms with Crippen molar-refractivity contribution in [3.05, 3.63) is 89.1 Å². The molecule has 1 N–H and O–H groups in total. The molecule has 2 aromatic rings. The van der Waals surface area contributed by atoms with Crippen LogP contribution in [0.2, 0.25) is 0 Å². The van der Waals surface area contributed by atoms with Crippen LogP contribution in [0.1, 0.15) is 48.4 Å². The van der Waals surface area contributed by atoms with E-state index in [2.05, 4.69) is 31.2 Å². The molecule has 0 aliphatic heterocycles. The summed E-state index contributed by atoms with van der Waals surface area (Å²) in [5, 5.41) is 11.6. The van der Waals surface area contributed by atoms with E-state index < -0.39 is 11.7 Å². The highest BCUT2D eigenvalue weighted by Gasteiger charge is 2.29. The first-order chi connectivity index (χ1) is 17.1. The van der Waals surface area contributed by atoms with Gasteiger partial charge in [0, 0.05) is 5.56 Å². The first-order valence-corrected chi connectivity index (χ1v) is 12.4. The predicted molar refractivity (Wildman–Crippen MR) is 143 cm³/mol. The fourth-order valence-corrected chi connectivity index (χ4v) is 3.57. The first-order valence-electron chi connectivity index (χ1n) is 11.5. The monoisotopic (exact) mass is 519 g/mol. The number of aliphatic imine (C=N–C) groups is 1. The summed E-state index contributed by atoms with van der Waals surface area (Å²) in [6, 6.07) is 8.67. The van der Waals surface area contributed by atoms with Crippen LogP contribution in [0.3, 0.4) is 0 Å². The Morgan fingerprint density at radius 2 is 1.81 bits per heavy atom. The molecule has 0 atom stereocenters. The minimum atomic E-state index is -4.37. The highest BCUT2D eigenvalue weighted by molar-refractivity contribution is 8.16. The maximum absolute atomic E-state index is 12.8. The number of aliphatic hydroxyl groups is 1. The van der Waals surface area contributed by atoms with E-state index in [9.17, 15) is 18.3 Å². The van der Waals surface area contributed by atoms with Crippen molar-refractivity contribution in [2.75, 3.05) is 13.2 Å². The molecule has 0 unspecified atom stereocenters. The van der Waals surface area contributed by atoms with Gasteiger partial charge in [-0.25, -0.2) is 0 Å². The molecule has 0 saturated heterocycles. The van der Waals surface area contributed by atoms with Crippen LogP contribution in [0, 0.1) is 6.92 Å². The number of ether oxygens (including phenoxy) is 2. The third-order valence-corrected chi connectivity index (χ3v) is 5.70. The first kappa shape index (κ1) is 29.1. The SMILES string of the molecule is C=CSC(COc1cc(C)c(OCC(=C)O)cc1/C=C/CCCC)=NCc1ccc(C(F)(F)F)cc1. The van der Waals surface area contributed by atoms with Crippen LogP contribution >= 0.6 is 11.8 Å². The zero-order valence-electron chi connectivity index (χ0n) is 20.6. The Labute approximate surface area is 215 Å². The number of benzene rings is 2. The van der Waals surface area contributed by atoms with Crippen molar-refractivity contribution in [1.82, 2.24) is 0 Å². The molecule has 8 heteroatoms. The van der Waals surface area contributed by atoms with Crippen molar-refractivity contribution in [1.29, 1.82) is 0 Å². The topological polar surface area (TPSA) is 51.0 Å². The molecule has 0 spiro atoms. The minimum Gasteiger partial charge on any atom is -0.509 e. The summed E-state index contributed by atoms with van der Waals surface area (Å²) >= 11 is 1.30. The molecule has 0 radical (unpaired) electrons. The Morgan fingerprint density at radius 3 is 2.42 bits per heavy atom. The van der Waals surface area contributed by atoms with E-state index in [4.69, 9.17) is 9.47 Å². The number of alkyl halides is 3. The number of hydrogen-bond acceptors (Lipinski definition) is 5. The molecule has 0 amide bonds. The Bertz CT molecular complexity index is 1080. The third kappa shape index (κ3) is 9.85. The smallest absolute Gasteiger partial charge is 0.416 e. The van der Waals surface area contributed by atoms with E-state index >= 15 is 0 Å². The Hall–Kier alpha value is -3.13. The van der Waals surface area contributed by atoms with E-state index in [0.717, 1.165) is 42.5 Å². The van der Waals surface area contributed by atoms with Crippen LogP contribution in [-0.4, -0.2) is 23.4 Å². The molecule has 4 nitrogen and oxygen atoms in total. The van der Waals surface area contributed by atoms with Gasteiger partial charge in [-0.2, -0.15) is 13.2 Å². The van der Waals surface area contributed by atoms with Crippen molar-refractivity contribution in [2.24, 2.45) is 4.99 Å². The lowest BCUT2D eigenvalue weighted by molar-refractivity contribution is -0.137. The zero-order chi connectivity index (χ0) is 26.6. The molecular formula is C28H32F3NO3S. The number of rotatable bonds is 13. The van der Waals surface area contributed by atoms with Crippen LogP contribution in [-0.2, 0) is 12.7 Å². The highest BCUT2D eigenvalue weighted by Crippen LogP contribution is 2.31. The summed E-state index contributed by atoms with van der Waals surface area (Å²) in [4.78, 5) is 4.52. The highest BCUT2D eigenvalue weighted by atomic mass is 32.2. The minimum absolute atomic E-state index is 0.00321. The predicted octanol–water partition coefficient (Wildman–Crippen LogP) is 8.52. The number of allylic oxidation sites excluding steroid dienone is 1. The molecular weight excluding hydrogens is 487 g/mol. The maximum Gasteiger partial charge on any atom is 0.416 e. The van der Waals surface area contributed by atoms with Crippen molar-refractivity contribution < 1.29 is 27.8 Å². The molecule has 2 aromatic carbocycles. The maximum atomic E-state index is 12.8. The number of aliphatic hydroxyl groups excluding tert-OH is 1. The molecule has 0 aliphatic rings. The van der Waals surface area contributed by atoms with Crippen LogP contribution in [0.15, 0.2) is 71.8 Å². The van der Waals surface area contributed by atoms with Gasteiger partial charge < -0.3 is 14.6 Å². The summed E-state index contributed by atoms with van der Waals surface area (Å²) in [6.45, 7) is 11.6. The van der Waals surface area contributed by atoms with Gasteiger partial charge in [-0.3, -0.25) is 4.99 Å². The largest absolute Gasteiger partial charge is 0.509 e. The zero-order valence-corrected chi connectivity index (χ0v) is 21.4. The molecule has 0 aliphatic carbocycles. The molecule has 0 fully saturated rings. The molecule has 36 heavy (non-hydrogen) atoms. The van der Waals surface area contributed by atoms with E-state index in [1.807, 2.05) is 25.1 Å². The van der Waals surface area contributed by atoms with Gasteiger partial charge >= 0.3 is 6.18 Å². The second kappa shape index (κ2) is 14.4. The number of unbranched alkanes of at least 4 members (excludes halogenated alkanes) is 2. The standard InChI is InChI=1S/C28H32F3NO3S/c1-5-7-8-9-10-23-16-25(34-18-21(4)33)20(3)15-26(23)35-19-27(36-6-2)32-17-22-11-13-24(14-12-22)28(29,30)31/h6,9-16,33H,2,4-5,7-8,17-19H2,1,3H3/b10-9+,32-27?. The fourth-order valence-electron chi connectivity index (χ4n) is 3.11. The third-order valence-electron chi connectivity index (χ3n) is 5.01. The molecule has 2 rings (SSSR count). The number of nitrogens with zero attached hydrogens (tertiary/aromatic N) is 1. The van der Waals surface area contributed by atoms with Gasteiger partial charge in [-0.15, -0.1) is 0 Å². The lowest BCUT2D eigenvalue weighted by Crippen LogP contribution is -2.09. The van der Waals surface area contributed by atoms with Crippen LogP contribution in [0.4, 0.5) is 13.2 Å². The number of hydrogen-bond donors (Lipinski definition) is 1. The number of thioether (sulfide) groups is 1. The van der Waals surface area contributed by atoms with Crippen LogP contribution < -0.4 is 9.47 Å². The number of halogens is 3. The van der Waals surface area contributed by atoms with Gasteiger partial charge in [0.25, 0.3) is 0 Å². The van der Waals surface area contributed by atoms with Crippen molar-refractivity contribution in [2.45, 2.75) is 45.8 Å². The molecule has 0 aromatic heterocycles. The van der Waals surface area contributed by atoms with Gasteiger partial charge in [0.1, 0.15) is 35.5 Å². The summed E-state index contributed by atoms with van der Waals surface area (Å²) < 4.78 is 50.1. The summed E-state index contributed by atoms with van der Waals surface area (Å²) in [7, 11) is 0. The van der Waals surface area contributed by atoms with Gasteiger partial charge in [-0.05, 0) is 54.1 Å². The fraction of sp³-hybridized carbons (Fsp3) is 0.321. The molecule has 0 saturated carbocycles. The summed E-state index contributed by atoms with van der Waals surface area (Å²) in [6.07, 6.45) is 2.78. The van der Waals surface area contributed by atoms with E-state index in [1.54, 1.807) is 5.41 Å². The normalized spacial score (nSPS) is 12.1. The van der Waals surface area contributed by atoms with Gasteiger partial charge in [0.15, 0.2) is 0 Å². The quantitative estimate of drug-likeness (QED) is 0.125. The van der Waals surface area contributed by atoms with Gasteiger partial charge in [0.2, 0.25) is 0 Å². The average Bonchev–Trinajstić information content (AvgIpc) is 2.83. The van der Waals surface area contributed by atoms with Gasteiger partial charge in [0.05, 0.1) is 12.1 Å². The van der Waals surface area contributed by atoms with E-state index in [0.29, 0.717) is 22.1 Å². The van der Waals surface area contributed by atoms with Crippen LogP contribution in [0.5, 0.6) is 11.5 Å². The van der Waals surface area contributed by atoms with Crippen molar-refractivity contribution >= 4 is 22.9 Å². The summed E-state index contributed by atoms with van der Waals surface area (Å²) in [5.41, 5.74) is 1.62. The van der Waals surface area contributed by atoms with Crippen molar-refractivity contribution in [3.63, 3.8) is 0 Å². The Morgan fingerprint density at radius 1 is 1.11 bits per heavy atom. The van der Waals surface area contributed by atoms with Crippen molar-refractivity contribution in [3.8, 4) is 11.5 Å². The molecule has 0 heterocycles. The Kier molecular flexibility index (Phi) is 11.7. The Balaban J connectivity index is 2.19. The van der Waals surface area contributed by atoms with Crippen LogP contribution in [0.25, 0.3) is 6.08 Å². The second-order valence-electron chi connectivity index (χ2n) is 8.03. The lowest BCUT2D eigenvalue weighted by atomic mass is 10.1.